The Labute approximate surface area is 164 Å². The predicted molar refractivity (Wildman–Crippen MR) is 114 cm³/mol. The molecule has 0 aliphatic carbocycles. The average molecular weight is 393 g/mol. The molecule has 4 rings (SSSR count). The number of fused-ring (bicyclic) bond motifs is 2. The maximum absolute atomic E-state index is 11.0. The van der Waals surface area contributed by atoms with Gasteiger partial charge in [0.1, 0.15) is 0 Å². The van der Waals surface area contributed by atoms with Crippen LogP contribution < -0.4 is 10.0 Å². The van der Waals surface area contributed by atoms with E-state index in [1.807, 2.05) is 54.6 Å². The van der Waals surface area contributed by atoms with Gasteiger partial charge >= 0.3 is 0 Å². The van der Waals surface area contributed by atoms with E-state index in [1.165, 1.54) is 0 Å². The summed E-state index contributed by atoms with van der Waals surface area (Å²) in [5.74, 6) is 0. The molecule has 1 heterocycles. The van der Waals surface area contributed by atoms with Crippen molar-refractivity contribution in [3.63, 3.8) is 0 Å². The molecule has 0 bridgehead atoms. The SMILES string of the molecule is COCc1cc(N[SH](=O)=O)ccc1Nc1c2ccccc2nc2ccccc12. The number of pyridine rings is 1. The van der Waals surface area contributed by atoms with Gasteiger partial charge in [-0.3, -0.25) is 4.72 Å². The van der Waals surface area contributed by atoms with E-state index in [-0.39, 0.29) is 0 Å². The summed E-state index contributed by atoms with van der Waals surface area (Å²) in [6.45, 7) is 0.342. The van der Waals surface area contributed by atoms with Crippen LogP contribution in [0.25, 0.3) is 21.8 Å². The van der Waals surface area contributed by atoms with Crippen molar-refractivity contribution >= 4 is 49.8 Å². The monoisotopic (exact) mass is 393 g/mol. The number of hydrogen-bond donors (Lipinski definition) is 3. The minimum Gasteiger partial charge on any atom is -0.380 e. The number of methoxy groups -OCH3 is 1. The number of aromatic nitrogens is 1. The van der Waals surface area contributed by atoms with Crippen LogP contribution in [0.1, 0.15) is 5.56 Å². The highest BCUT2D eigenvalue weighted by atomic mass is 32.2. The molecule has 0 unspecified atom stereocenters. The summed E-state index contributed by atoms with van der Waals surface area (Å²) in [4.78, 5) is 4.74. The third-order valence-corrected chi connectivity index (χ3v) is 4.91. The summed E-state index contributed by atoms with van der Waals surface area (Å²) >= 11 is 0. The number of thiol groups is 1. The molecule has 0 aliphatic rings. The van der Waals surface area contributed by atoms with Crippen LogP contribution in [0.5, 0.6) is 0 Å². The molecule has 0 amide bonds. The van der Waals surface area contributed by atoms with Crippen LogP contribution >= 0.6 is 0 Å². The lowest BCUT2D eigenvalue weighted by molar-refractivity contribution is 0.185. The van der Waals surface area contributed by atoms with Crippen LogP contribution in [0, 0.1) is 0 Å². The van der Waals surface area contributed by atoms with Crippen LogP contribution in [-0.4, -0.2) is 20.5 Å². The van der Waals surface area contributed by atoms with Crippen molar-refractivity contribution in [2.75, 3.05) is 17.1 Å². The molecule has 0 radical (unpaired) electrons. The zero-order chi connectivity index (χ0) is 19.5. The van der Waals surface area contributed by atoms with E-state index < -0.39 is 10.9 Å². The second-order valence-corrected chi connectivity index (χ2v) is 7.06. The lowest BCUT2D eigenvalue weighted by Gasteiger charge is -2.17. The molecule has 142 valence electrons. The van der Waals surface area contributed by atoms with E-state index >= 15 is 0 Å². The van der Waals surface area contributed by atoms with Gasteiger partial charge in [0.05, 0.1) is 23.3 Å². The van der Waals surface area contributed by atoms with Crippen LogP contribution in [0.4, 0.5) is 17.1 Å². The highest BCUT2D eigenvalue weighted by molar-refractivity contribution is 7.73. The molecule has 7 heteroatoms. The highest BCUT2D eigenvalue weighted by Crippen LogP contribution is 2.34. The van der Waals surface area contributed by atoms with Gasteiger partial charge in [-0.2, -0.15) is 0 Å². The van der Waals surface area contributed by atoms with E-state index in [2.05, 4.69) is 10.0 Å². The quantitative estimate of drug-likeness (QED) is 0.338. The first-order chi connectivity index (χ1) is 13.7. The first kappa shape index (κ1) is 18.2. The molecule has 0 atom stereocenters. The topological polar surface area (TPSA) is 80.3 Å². The van der Waals surface area contributed by atoms with Gasteiger partial charge in [0.25, 0.3) is 0 Å². The second-order valence-electron chi connectivity index (χ2n) is 6.32. The van der Waals surface area contributed by atoms with Gasteiger partial charge in [0, 0.05) is 34.8 Å². The van der Waals surface area contributed by atoms with Crippen molar-refractivity contribution < 1.29 is 13.2 Å². The summed E-state index contributed by atoms with van der Waals surface area (Å²) in [7, 11) is -1.12. The van der Waals surface area contributed by atoms with Crippen molar-refractivity contribution in [2.24, 2.45) is 0 Å². The number of anilines is 3. The van der Waals surface area contributed by atoms with Gasteiger partial charge in [-0.1, -0.05) is 36.4 Å². The van der Waals surface area contributed by atoms with Gasteiger partial charge < -0.3 is 10.1 Å². The third-order valence-electron chi connectivity index (χ3n) is 4.47. The number of nitrogens with one attached hydrogen (secondary N) is 2. The van der Waals surface area contributed by atoms with Gasteiger partial charge in [0.15, 0.2) is 0 Å². The van der Waals surface area contributed by atoms with E-state index in [0.717, 1.165) is 38.7 Å². The molecule has 0 spiro atoms. The Morgan fingerprint density at radius 3 is 2.18 bits per heavy atom. The fourth-order valence-electron chi connectivity index (χ4n) is 3.27. The maximum atomic E-state index is 11.0. The molecule has 28 heavy (non-hydrogen) atoms. The normalized spacial score (nSPS) is 11.2. The molecular weight excluding hydrogens is 374 g/mol. The second kappa shape index (κ2) is 7.84. The number of benzene rings is 3. The van der Waals surface area contributed by atoms with Gasteiger partial charge in [-0.15, -0.1) is 0 Å². The lowest BCUT2D eigenvalue weighted by Crippen LogP contribution is -2.02. The van der Waals surface area contributed by atoms with Gasteiger partial charge in [-0.05, 0) is 30.3 Å². The minimum absolute atomic E-state index is 0.342. The van der Waals surface area contributed by atoms with E-state index in [1.54, 1.807) is 19.2 Å². The standard InChI is InChI=1S/C21H19N3O3S/c1-27-13-14-12-15(24-28(25)26)10-11-18(14)23-21-16-6-2-4-8-19(16)22-20-9-5-3-7-17(20)21/h2-12,28H,13H2,1H3,(H,22,23)(H,24,25,26). The van der Waals surface area contributed by atoms with Crippen molar-refractivity contribution in [2.45, 2.75) is 6.61 Å². The Hall–Kier alpha value is -3.16. The summed E-state index contributed by atoms with van der Waals surface area (Å²) in [5, 5.41) is 5.54. The minimum atomic E-state index is -2.72. The Balaban J connectivity index is 1.87. The molecule has 0 saturated carbocycles. The molecule has 4 aromatic rings. The first-order valence-electron chi connectivity index (χ1n) is 8.73. The number of nitrogens with zero attached hydrogens (tertiary/aromatic N) is 1. The number of rotatable bonds is 6. The largest absolute Gasteiger partial charge is 0.380 e. The van der Waals surface area contributed by atoms with E-state index in [9.17, 15) is 8.42 Å². The average Bonchev–Trinajstić information content (AvgIpc) is 2.69. The molecule has 0 fully saturated rings. The van der Waals surface area contributed by atoms with Gasteiger partial charge in [-0.25, -0.2) is 13.4 Å². The summed E-state index contributed by atoms with van der Waals surface area (Å²) < 4.78 is 29.7. The fraction of sp³-hybridized carbons (Fsp3) is 0.0952. The summed E-state index contributed by atoms with van der Waals surface area (Å²) in [5.41, 5.74) is 4.94. The van der Waals surface area contributed by atoms with Crippen molar-refractivity contribution in [3.8, 4) is 0 Å². The summed E-state index contributed by atoms with van der Waals surface area (Å²) in [6, 6.07) is 21.3. The fourth-order valence-corrected chi connectivity index (χ4v) is 3.62. The van der Waals surface area contributed by atoms with Crippen molar-refractivity contribution in [1.29, 1.82) is 0 Å². The van der Waals surface area contributed by atoms with Crippen molar-refractivity contribution in [1.82, 2.24) is 4.98 Å². The van der Waals surface area contributed by atoms with E-state index in [0.29, 0.717) is 12.3 Å². The number of ether oxygens (including phenoxy) is 1. The molecule has 2 N–H and O–H groups in total. The van der Waals surface area contributed by atoms with Crippen LogP contribution in [0.2, 0.25) is 0 Å². The lowest BCUT2D eigenvalue weighted by atomic mass is 10.1. The molecule has 0 saturated heterocycles. The number of para-hydroxylation sites is 2. The summed E-state index contributed by atoms with van der Waals surface area (Å²) in [6.07, 6.45) is 0. The van der Waals surface area contributed by atoms with Crippen LogP contribution in [-0.2, 0) is 22.2 Å². The zero-order valence-corrected chi connectivity index (χ0v) is 16.1. The highest BCUT2D eigenvalue weighted by Gasteiger charge is 2.11. The Morgan fingerprint density at radius 1 is 0.929 bits per heavy atom. The molecule has 3 aromatic carbocycles. The first-order valence-corrected chi connectivity index (χ1v) is 9.91. The van der Waals surface area contributed by atoms with E-state index in [4.69, 9.17) is 9.72 Å². The van der Waals surface area contributed by atoms with Crippen LogP contribution in [0.15, 0.2) is 66.7 Å². The third kappa shape index (κ3) is 3.62. The number of hydrogen-bond acceptors (Lipinski definition) is 5. The smallest absolute Gasteiger partial charge is 0.222 e. The zero-order valence-electron chi connectivity index (χ0n) is 15.2. The maximum Gasteiger partial charge on any atom is 0.222 e. The van der Waals surface area contributed by atoms with Gasteiger partial charge in [0.2, 0.25) is 10.9 Å². The Morgan fingerprint density at radius 2 is 1.57 bits per heavy atom. The van der Waals surface area contributed by atoms with Crippen LogP contribution in [0.3, 0.4) is 0 Å². The molecule has 6 nitrogen and oxygen atoms in total. The predicted octanol–water partition coefficient (Wildman–Crippen LogP) is 4.22. The molecular formula is C21H19N3O3S. The Kier molecular flexibility index (Phi) is 5.10. The molecule has 1 aromatic heterocycles. The van der Waals surface area contributed by atoms with Crippen molar-refractivity contribution in [3.05, 3.63) is 72.3 Å². The molecule has 0 aliphatic heterocycles. The Bertz CT molecular complexity index is 1180.